The van der Waals surface area contributed by atoms with E-state index in [0.29, 0.717) is 12.5 Å². The van der Waals surface area contributed by atoms with Crippen LogP contribution in [0, 0.1) is 0 Å². The highest BCUT2D eigenvalue weighted by Gasteiger charge is 2.34. The Kier molecular flexibility index (Phi) is 10.3. The SMILES string of the molecule is CCOCCCNC(N)=NCC1(c2ccccc2)CCOCC1.I. The van der Waals surface area contributed by atoms with Gasteiger partial charge in [-0.3, -0.25) is 4.99 Å². The Labute approximate surface area is 162 Å². The van der Waals surface area contributed by atoms with Crippen LogP contribution >= 0.6 is 24.0 Å². The number of nitrogens with zero attached hydrogens (tertiary/aromatic N) is 1. The zero-order valence-corrected chi connectivity index (χ0v) is 16.8. The minimum atomic E-state index is 0. The van der Waals surface area contributed by atoms with Gasteiger partial charge in [0, 0.05) is 38.4 Å². The van der Waals surface area contributed by atoms with E-state index in [1.54, 1.807) is 0 Å². The Bertz CT molecular complexity index is 476. The van der Waals surface area contributed by atoms with Gasteiger partial charge in [0.1, 0.15) is 0 Å². The Hall–Kier alpha value is -0.860. The molecule has 0 unspecified atom stereocenters. The van der Waals surface area contributed by atoms with Crippen molar-refractivity contribution >= 4 is 29.9 Å². The first-order chi connectivity index (χ1) is 11.3. The normalized spacial score (nSPS) is 17.1. The molecule has 0 aliphatic carbocycles. The van der Waals surface area contributed by atoms with E-state index in [9.17, 15) is 0 Å². The molecular formula is C18H30IN3O2. The number of nitrogens with one attached hydrogen (secondary N) is 1. The molecule has 1 saturated heterocycles. The van der Waals surface area contributed by atoms with Crippen LogP contribution in [0.2, 0.25) is 0 Å². The molecule has 2 rings (SSSR count). The monoisotopic (exact) mass is 447 g/mol. The summed E-state index contributed by atoms with van der Waals surface area (Å²) >= 11 is 0. The number of ether oxygens (including phenoxy) is 2. The van der Waals surface area contributed by atoms with Crippen LogP contribution in [0.15, 0.2) is 35.3 Å². The fraction of sp³-hybridized carbons (Fsp3) is 0.611. The van der Waals surface area contributed by atoms with Crippen molar-refractivity contribution < 1.29 is 9.47 Å². The van der Waals surface area contributed by atoms with Gasteiger partial charge in [0.05, 0.1) is 6.54 Å². The molecule has 1 heterocycles. The molecule has 1 aromatic carbocycles. The topological polar surface area (TPSA) is 68.9 Å². The molecule has 6 heteroatoms. The van der Waals surface area contributed by atoms with Crippen molar-refractivity contribution in [3.05, 3.63) is 35.9 Å². The highest BCUT2D eigenvalue weighted by atomic mass is 127. The Balaban J connectivity index is 0.00000288. The van der Waals surface area contributed by atoms with Gasteiger partial charge in [-0.2, -0.15) is 0 Å². The number of hydrogen-bond acceptors (Lipinski definition) is 3. The zero-order chi connectivity index (χ0) is 16.4. The Morgan fingerprint density at radius 2 is 2.00 bits per heavy atom. The molecule has 0 bridgehead atoms. The maximum Gasteiger partial charge on any atom is 0.188 e. The smallest absolute Gasteiger partial charge is 0.188 e. The fourth-order valence-corrected chi connectivity index (χ4v) is 2.92. The first kappa shape index (κ1) is 21.2. The summed E-state index contributed by atoms with van der Waals surface area (Å²) in [6.07, 6.45) is 2.90. The van der Waals surface area contributed by atoms with E-state index in [-0.39, 0.29) is 29.4 Å². The van der Waals surface area contributed by atoms with Crippen LogP contribution in [0.1, 0.15) is 31.7 Å². The third-order valence-corrected chi connectivity index (χ3v) is 4.36. The number of hydrogen-bond donors (Lipinski definition) is 2. The number of nitrogens with two attached hydrogens (primary N) is 1. The minimum Gasteiger partial charge on any atom is -0.382 e. The summed E-state index contributed by atoms with van der Waals surface area (Å²) in [5.41, 5.74) is 7.38. The zero-order valence-electron chi connectivity index (χ0n) is 14.5. The molecule has 1 aromatic rings. The van der Waals surface area contributed by atoms with Crippen LogP contribution < -0.4 is 11.1 Å². The Morgan fingerprint density at radius 3 is 2.67 bits per heavy atom. The Morgan fingerprint density at radius 1 is 1.29 bits per heavy atom. The summed E-state index contributed by atoms with van der Waals surface area (Å²) in [5.74, 6) is 0.517. The number of guanidine groups is 1. The molecule has 0 amide bonds. The molecule has 1 aliphatic heterocycles. The predicted octanol–water partition coefficient (Wildman–Crippen LogP) is 2.68. The van der Waals surface area contributed by atoms with E-state index in [4.69, 9.17) is 15.2 Å². The largest absolute Gasteiger partial charge is 0.382 e. The van der Waals surface area contributed by atoms with Crippen LogP contribution in [0.3, 0.4) is 0 Å². The number of benzene rings is 1. The van der Waals surface area contributed by atoms with Gasteiger partial charge in [-0.25, -0.2) is 0 Å². The maximum atomic E-state index is 6.01. The lowest BCUT2D eigenvalue weighted by molar-refractivity contribution is 0.0531. The highest BCUT2D eigenvalue weighted by Crippen LogP contribution is 2.35. The van der Waals surface area contributed by atoms with Gasteiger partial charge in [0.25, 0.3) is 0 Å². The summed E-state index contributed by atoms with van der Waals surface area (Å²) in [6, 6.07) is 10.6. The summed E-state index contributed by atoms with van der Waals surface area (Å²) in [5, 5.41) is 3.17. The van der Waals surface area contributed by atoms with Gasteiger partial charge >= 0.3 is 0 Å². The van der Waals surface area contributed by atoms with Gasteiger partial charge in [0.2, 0.25) is 0 Å². The fourth-order valence-electron chi connectivity index (χ4n) is 2.92. The molecule has 1 fully saturated rings. The van der Waals surface area contributed by atoms with Crippen molar-refractivity contribution in [1.29, 1.82) is 0 Å². The van der Waals surface area contributed by atoms with Crippen LogP contribution in [-0.2, 0) is 14.9 Å². The van der Waals surface area contributed by atoms with Crippen molar-refractivity contribution in [2.45, 2.75) is 31.6 Å². The lowest BCUT2D eigenvalue weighted by Crippen LogP contribution is -2.39. The minimum absolute atomic E-state index is 0. The molecule has 0 radical (unpaired) electrons. The van der Waals surface area contributed by atoms with E-state index in [1.165, 1.54) is 5.56 Å². The first-order valence-electron chi connectivity index (χ1n) is 8.52. The second-order valence-electron chi connectivity index (χ2n) is 5.94. The molecule has 5 nitrogen and oxygen atoms in total. The number of halogens is 1. The molecule has 0 spiro atoms. The predicted molar refractivity (Wildman–Crippen MR) is 109 cm³/mol. The first-order valence-corrected chi connectivity index (χ1v) is 8.52. The van der Waals surface area contributed by atoms with Crippen molar-refractivity contribution in [2.75, 3.05) is 39.5 Å². The average Bonchev–Trinajstić information content (AvgIpc) is 2.61. The van der Waals surface area contributed by atoms with E-state index < -0.39 is 0 Å². The second-order valence-corrected chi connectivity index (χ2v) is 5.94. The van der Waals surface area contributed by atoms with Crippen LogP contribution in [-0.4, -0.2) is 45.5 Å². The standard InChI is InChI=1S/C18H29N3O2.HI/c1-2-22-12-6-11-20-17(19)21-15-18(9-13-23-14-10-18)16-7-4-3-5-8-16;/h3-5,7-8H,2,6,9-15H2,1H3,(H3,19,20,21);1H. The molecule has 0 saturated carbocycles. The molecule has 3 N–H and O–H groups in total. The van der Waals surface area contributed by atoms with Crippen molar-refractivity contribution in [2.24, 2.45) is 10.7 Å². The molecular weight excluding hydrogens is 417 g/mol. The van der Waals surface area contributed by atoms with Crippen LogP contribution in [0.25, 0.3) is 0 Å². The lowest BCUT2D eigenvalue weighted by Gasteiger charge is -2.36. The van der Waals surface area contributed by atoms with E-state index in [2.05, 4.69) is 34.6 Å². The summed E-state index contributed by atoms with van der Waals surface area (Å²) in [7, 11) is 0. The van der Waals surface area contributed by atoms with Crippen molar-refractivity contribution in [3.63, 3.8) is 0 Å². The van der Waals surface area contributed by atoms with E-state index in [1.807, 2.05) is 13.0 Å². The highest BCUT2D eigenvalue weighted by molar-refractivity contribution is 14.0. The second kappa shape index (κ2) is 11.7. The third-order valence-electron chi connectivity index (χ3n) is 4.36. The number of rotatable bonds is 8. The number of aliphatic imine (C=N–C) groups is 1. The van der Waals surface area contributed by atoms with Gasteiger partial charge in [-0.05, 0) is 31.7 Å². The van der Waals surface area contributed by atoms with E-state index >= 15 is 0 Å². The summed E-state index contributed by atoms with van der Waals surface area (Å²) in [6.45, 7) is 6.56. The van der Waals surface area contributed by atoms with Crippen molar-refractivity contribution in [3.8, 4) is 0 Å². The third kappa shape index (κ3) is 6.57. The summed E-state index contributed by atoms with van der Waals surface area (Å²) in [4.78, 5) is 4.60. The molecule has 1 aliphatic rings. The van der Waals surface area contributed by atoms with Gasteiger partial charge in [-0.1, -0.05) is 30.3 Å². The van der Waals surface area contributed by atoms with Crippen molar-refractivity contribution in [1.82, 2.24) is 5.32 Å². The van der Waals surface area contributed by atoms with Crippen LogP contribution in [0.4, 0.5) is 0 Å². The van der Waals surface area contributed by atoms with Gasteiger partial charge in [0.15, 0.2) is 5.96 Å². The lowest BCUT2D eigenvalue weighted by atomic mass is 9.74. The van der Waals surface area contributed by atoms with Gasteiger partial charge < -0.3 is 20.5 Å². The quantitative estimate of drug-likeness (QED) is 0.278. The summed E-state index contributed by atoms with van der Waals surface area (Å²) < 4.78 is 10.9. The molecule has 136 valence electrons. The average molecular weight is 447 g/mol. The van der Waals surface area contributed by atoms with Crippen LogP contribution in [0.5, 0.6) is 0 Å². The molecule has 0 atom stereocenters. The van der Waals surface area contributed by atoms with E-state index in [0.717, 1.165) is 52.2 Å². The maximum absolute atomic E-state index is 6.01. The van der Waals surface area contributed by atoms with Gasteiger partial charge in [-0.15, -0.1) is 24.0 Å². The molecule has 0 aromatic heterocycles. The molecule has 24 heavy (non-hydrogen) atoms.